The number of pyridine rings is 1. The van der Waals surface area contributed by atoms with Gasteiger partial charge in [0.05, 0.1) is 16.4 Å². The van der Waals surface area contributed by atoms with Gasteiger partial charge in [0.1, 0.15) is 5.82 Å². The topological polar surface area (TPSA) is 51.7 Å². The van der Waals surface area contributed by atoms with Gasteiger partial charge in [-0.2, -0.15) is 0 Å². The van der Waals surface area contributed by atoms with Gasteiger partial charge >= 0.3 is 6.03 Å². The number of hydrogen-bond donors (Lipinski definition) is 1. The number of carbonyl (C=O) groups excluding carboxylic acids is 1. The average Bonchev–Trinajstić information content (AvgIpc) is 2.95. The monoisotopic (exact) mass is 551 g/mol. The van der Waals surface area contributed by atoms with Gasteiger partial charge in [-0.05, 0) is 78.4 Å². The molecule has 2 aliphatic rings. The van der Waals surface area contributed by atoms with E-state index in [1.54, 1.807) is 6.20 Å². The van der Waals surface area contributed by atoms with Crippen LogP contribution in [-0.2, 0) is 13.1 Å². The van der Waals surface area contributed by atoms with Crippen molar-refractivity contribution in [3.8, 4) is 11.1 Å². The molecule has 4 aromatic rings. The number of benzene rings is 3. The van der Waals surface area contributed by atoms with E-state index >= 15 is 0 Å². The van der Waals surface area contributed by atoms with Crippen LogP contribution in [0.5, 0.6) is 0 Å². The molecule has 3 aromatic carbocycles. The standard InChI is InChI=1S/C33H34ClN5O/c1-22-7-4-5-10-27(22)28-17-25(21-37-13-15-38(16-14-37)31-12-11-26(34)19-35-31)18-30-29(28)20-36-33(40)39(30)32-23(2)8-6-9-24(32)3/h4-12,17-19H,13-16,20-21H2,1-3H3,(H,36,40). The fraction of sp³-hybridized carbons (Fsp3) is 0.273. The second-order valence-corrected chi connectivity index (χ2v) is 11.2. The molecule has 204 valence electrons. The van der Waals surface area contributed by atoms with E-state index in [0.29, 0.717) is 11.6 Å². The summed E-state index contributed by atoms with van der Waals surface area (Å²) in [5.41, 5.74) is 10.1. The van der Waals surface area contributed by atoms with Gasteiger partial charge in [-0.15, -0.1) is 0 Å². The lowest BCUT2D eigenvalue weighted by Crippen LogP contribution is -2.46. The Morgan fingerprint density at radius 2 is 1.57 bits per heavy atom. The largest absolute Gasteiger partial charge is 0.354 e. The normalized spacial score (nSPS) is 15.7. The van der Waals surface area contributed by atoms with Crippen molar-refractivity contribution < 1.29 is 4.79 Å². The molecule has 40 heavy (non-hydrogen) atoms. The molecule has 7 heteroatoms. The van der Waals surface area contributed by atoms with E-state index < -0.39 is 0 Å². The van der Waals surface area contributed by atoms with E-state index in [1.807, 2.05) is 23.1 Å². The van der Waals surface area contributed by atoms with Gasteiger partial charge in [0, 0.05) is 51.0 Å². The van der Waals surface area contributed by atoms with Gasteiger partial charge in [0.25, 0.3) is 0 Å². The molecule has 1 saturated heterocycles. The van der Waals surface area contributed by atoms with E-state index in [1.165, 1.54) is 22.3 Å². The summed E-state index contributed by atoms with van der Waals surface area (Å²) in [6.07, 6.45) is 1.71. The zero-order valence-electron chi connectivity index (χ0n) is 23.2. The number of rotatable bonds is 5. The molecule has 2 amide bonds. The Labute approximate surface area is 241 Å². The molecule has 0 spiro atoms. The van der Waals surface area contributed by atoms with Crippen LogP contribution >= 0.6 is 11.6 Å². The molecule has 0 aliphatic carbocycles. The number of aromatic nitrogens is 1. The predicted molar refractivity (Wildman–Crippen MR) is 164 cm³/mol. The van der Waals surface area contributed by atoms with Crippen molar-refractivity contribution in [2.75, 3.05) is 36.0 Å². The first-order valence-electron chi connectivity index (χ1n) is 13.8. The zero-order valence-corrected chi connectivity index (χ0v) is 24.0. The predicted octanol–water partition coefficient (Wildman–Crippen LogP) is 7.01. The van der Waals surface area contributed by atoms with Crippen molar-refractivity contribution >= 4 is 34.8 Å². The molecule has 0 saturated carbocycles. The first-order chi connectivity index (χ1) is 19.4. The van der Waals surface area contributed by atoms with Crippen molar-refractivity contribution in [2.24, 2.45) is 0 Å². The Morgan fingerprint density at radius 1 is 0.850 bits per heavy atom. The Morgan fingerprint density at radius 3 is 2.27 bits per heavy atom. The number of aryl methyl sites for hydroxylation is 3. The maximum Gasteiger partial charge on any atom is 0.326 e. The Bertz CT molecular complexity index is 1540. The van der Waals surface area contributed by atoms with E-state index in [9.17, 15) is 4.79 Å². The third-order valence-corrected chi connectivity index (χ3v) is 8.28. The van der Waals surface area contributed by atoms with Crippen molar-refractivity contribution in [1.82, 2.24) is 15.2 Å². The minimum absolute atomic E-state index is 0.0816. The molecular formula is C33H34ClN5O. The van der Waals surface area contributed by atoms with Crippen molar-refractivity contribution in [2.45, 2.75) is 33.9 Å². The number of amides is 2. The second kappa shape index (κ2) is 11.0. The molecule has 0 atom stereocenters. The maximum absolute atomic E-state index is 13.5. The van der Waals surface area contributed by atoms with Crippen LogP contribution in [-0.4, -0.2) is 42.1 Å². The number of urea groups is 1. The van der Waals surface area contributed by atoms with Gasteiger partial charge in [-0.1, -0.05) is 54.1 Å². The minimum Gasteiger partial charge on any atom is -0.354 e. The van der Waals surface area contributed by atoms with Gasteiger partial charge in [-0.25, -0.2) is 9.78 Å². The molecule has 3 heterocycles. The van der Waals surface area contributed by atoms with Crippen molar-refractivity contribution in [3.63, 3.8) is 0 Å². The number of para-hydroxylation sites is 1. The third-order valence-electron chi connectivity index (χ3n) is 8.06. The zero-order chi connectivity index (χ0) is 27.8. The van der Waals surface area contributed by atoms with Crippen molar-refractivity contribution in [1.29, 1.82) is 0 Å². The minimum atomic E-state index is -0.0816. The summed E-state index contributed by atoms with van der Waals surface area (Å²) >= 11 is 6.04. The van der Waals surface area contributed by atoms with E-state index in [4.69, 9.17) is 11.6 Å². The maximum atomic E-state index is 13.5. The smallest absolute Gasteiger partial charge is 0.326 e. The van der Waals surface area contributed by atoms with Crippen LogP contribution in [0.4, 0.5) is 22.0 Å². The van der Waals surface area contributed by atoms with E-state index in [0.717, 1.165) is 66.6 Å². The lowest BCUT2D eigenvalue weighted by Gasteiger charge is -2.37. The van der Waals surface area contributed by atoms with Gasteiger partial charge in [0.2, 0.25) is 0 Å². The quantitative estimate of drug-likeness (QED) is 0.290. The number of hydrogen-bond acceptors (Lipinski definition) is 4. The van der Waals surface area contributed by atoms with Crippen LogP contribution in [0.1, 0.15) is 27.8 Å². The summed E-state index contributed by atoms with van der Waals surface area (Å²) in [7, 11) is 0. The molecule has 1 aromatic heterocycles. The van der Waals surface area contributed by atoms with Crippen LogP contribution in [0.15, 0.2) is 72.9 Å². The SMILES string of the molecule is Cc1ccccc1-c1cc(CN2CCN(c3ccc(Cl)cn3)CC2)cc2c1CNC(=O)N2c1c(C)cccc1C. The molecule has 1 fully saturated rings. The van der Waals surface area contributed by atoms with Crippen LogP contribution in [0.3, 0.4) is 0 Å². The molecule has 0 bridgehead atoms. The highest BCUT2D eigenvalue weighted by molar-refractivity contribution is 6.30. The van der Waals surface area contributed by atoms with Gasteiger partial charge in [0.15, 0.2) is 0 Å². The number of halogens is 1. The molecule has 6 nitrogen and oxygen atoms in total. The molecular weight excluding hydrogens is 518 g/mol. The highest BCUT2D eigenvalue weighted by atomic mass is 35.5. The third kappa shape index (κ3) is 5.05. The van der Waals surface area contributed by atoms with Gasteiger partial charge < -0.3 is 10.2 Å². The van der Waals surface area contributed by atoms with Crippen LogP contribution in [0, 0.1) is 20.8 Å². The summed E-state index contributed by atoms with van der Waals surface area (Å²) in [6.45, 7) is 11.3. The Balaban J connectivity index is 1.37. The first-order valence-corrected chi connectivity index (χ1v) is 14.2. The van der Waals surface area contributed by atoms with E-state index in [2.05, 4.69) is 89.4 Å². The highest BCUT2D eigenvalue weighted by Crippen LogP contribution is 2.41. The summed E-state index contributed by atoms with van der Waals surface area (Å²) < 4.78 is 0. The van der Waals surface area contributed by atoms with Crippen molar-refractivity contribution in [3.05, 3.63) is 106 Å². The molecule has 2 aliphatic heterocycles. The van der Waals surface area contributed by atoms with E-state index in [-0.39, 0.29) is 6.03 Å². The number of nitrogens with one attached hydrogen (secondary N) is 1. The summed E-state index contributed by atoms with van der Waals surface area (Å²) in [6, 6.07) is 23.1. The number of piperazine rings is 1. The number of nitrogens with zero attached hydrogens (tertiary/aromatic N) is 4. The molecule has 0 radical (unpaired) electrons. The van der Waals surface area contributed by atoms with Crippen LogP contribution in [0.2, 0.25) is 5.02 Å². The molecule has 1 N–H and O–H groups in total. The summed E-state index contributed by atoms with van der Waals surface area (Å²) in [5.74, 6) is 0.968. The van der Waals surface area contributed by atoms with Crippen LogP contribution in [0.25, 0.3) is 11.1 Å². The molecule has 6 rings (SSSR count). The fourth-order valence-corrected chi connectivity index (χ4v) is 6.10. The fourth-order valence-electron chi connectivity index (χ4n) is 5.99. The number of carbonyl (C=O) groups is 1. The highest BCUT2D eigenvalue weighted by Gasteiger charge is 2.31. The average molecular weight is 552 g/mol. The summed E-state index contributed by atoms with van der Waals surface area (Å²) in [4.78, 5) is 24.6. The summed E-state index contributed by atoms with van der Waals surface area (Å²) in [5, 5.41) is 3.81. The number of anilines is 3. The lowest BCUT2D eigenvalue weighted by molar-refractivity contribution is 0.246. The lowest BCUT2D eigenvalue weighted by atomic mass is 9.91. The molecule has 0 unspecified atom stereocenters. The first kappa shape index (κ1) is 26.4. The Hall–Kier alpha value is -3.87. The van der Waals surface area contributed by atoms with Crippen LogP contribution < -0.4 is 15.1 Å². The number of fused-ring (bicyclic) bond motifs is 1. The Kier molecular flexibility index (Phi) is 7.22. The van der Waals surface area contributed by atoms with Gasteiger partial charge in [-0.3, -0.25) is 9.80 Å². The second-order valence-electron chi connectivity index (χ2n) is 10.8.